The highest BCUT2D eigenvalue weighted by atomic mass is 32.2. The number of sulfonamides is 1. The van der Waals surface area contributed by atoms with Gasteiger partial charge in [-0.3, -0.25) is 0 Å². The molecule has 0 saturated carbocycles. The first-order chi connectivity index (χ1) is 14.4. The summed E-state index contributed by atoms with van der Waals surface area (Å²) in [5.74, 6) is 0.0501. The van der Waals surface area contributed by atoms with Gasteiger partial charge in [-0.1, -0.05) is 60.7 Å². The second-order valence-corrected chi connectivity index (χ2v) is 9.20. The molecule has 2 N–H and O–H groups in total. The number of rotatable bonds is 8. The van der Waals surface area contributed by atoms with Crippen LogP contribution in [0.5, 0.6) is 0 Å². The van der Waals surface area contributed by atoms with Crippen molar-refractivity contribution in [1.29, 1.82) is 0 Å². The van der Waals surface area contributed by atoms with Gasteiger partial charge in [-0.25, -0.2) is 18.4 Å². The molecule has 0 bridgehead atoms. The standard InChI is InChI=1S/C23H23NO4S2/c1-2-28-23(25)19-14-21(29-16-18-11-7-4-8-12-18)20(22(15-19)30(24,26)27)13-17-9-5-3-6-10-17/h3-12,14-15H,2,13,16H2,1H3,(H2,24,26,27). The molecule has 3 aromatic rings. The van der Waals surface area contributed by atoms with Crippen molar-refractivity contribution in [2.45, 2.75) is 28.9 Å². The van der Waals surface area contributed by atoms with Crippen LogP contribution >= 0.6 is 11.8 Å². The number of esters is 1. The molecule has 0 aliphatic carbocycles. The summed E-state index contributed by atoms with van der Waals surface area (Å²) >= 11 is 1.47. The predicted molar refractivity (Wildman–Crippen MR) is 119 cm³/mol. The van der Waals surface area contributed by atoms with Crippen molar-refractivity contribution >= 4 is 27.8 Å². The van der Waals surface area contributed by atoms with Crippen molar-refractivity contribution in [3.63, 3.8) is 0 Å². The van der Waals surface area contributed by atoms with Crippen molar-refractivity contribution < 1.29 is 17.9 Å². The molecule has 3 aromatic carbocycles. The van der Waals surface area contributed by atoms with Gasteiger partial charge in [0, 0.05) is 10.6 Å². The van der Waals surface area contributed by atoms with Gasteiger partial charge in [-0.05, 0) is 42.2 Å². The van der Waals surface area contributed by atoms with Gasteiger partial charge in [0.05, 0.1) is 17.1 Å². The summed E-state index contributed by atoms with van der Waals surface area (Å²) in [4.78, 5) is 13.0. The Balaban J connectivity index is 2.10. The minimum absolute atomic E-state index is 0.0486. The Hall–Kier alpha value is -2.61. The van der Waals surface area contributed by atoms with Crippen LogP contribution in [0, 0.1) is 0 Å². The average Bonchev–Trinajstić information content (AvgIpc) is 2.73. The molecule has 0 radical (unpaired) electrons. The molecular weight excluding hydrogens is 418 g/mol. The third-order valence-corrected chi connectivity index (χ3v) is 6.58. The van der Waals surface area contributed by atoms with E-state index in [1.165, 1.54) is 17.8 Å². The van der Waals surface area contributed by atoms with Crippen molar-refractivity contribution in [2.24, 2.45) is 5.14 Å². The smallest absolute Gasteiger partial charge is 0.338 e. The topological polar surface area (TPSA) is 86.5 Å². The largest absolute Gasteiger partial charge is 0.462 e. The fourth-order valence-corrected chi connectivity index (χ4v) is 5.01. The minimum atomic E-state index is -4.05. The maximum Gasteiger partial charge on any atom is 0.338 e. The minimum Gasteiger partial charge on any atom is -0.462 e. The molecule has 0 amide bonds. The summed E-state index contributed by atoms with van der Waals surface area (Å²) < 4.78 is 29.9. The molecule has 5 nitrogen and oxygen atoms in total. The number of hydrogen-bond donors (Lipinski definition) is 1. The number of ether oxygens (including phenoxy) is 1. The van der Waals surface area contributed by atoms with Gasteiger partial charge in [0.15, 0.2) is 0 Å². The van der Waals surface area contributed by atoms with Crippen LogP contribution < -0.4 is 5.14 Å². The van der Waals surface area contributed by atoms with Crippen LogP contribution in [-0.4, -0.2) is 21.0 Å². The fraction of sp³-hybridized carbons (Fsp3) is 0.174. The number of carbonyl (C=O) groups is 1. The number of carbonyl (C=O) groups excluding carboxylic acids is 1. The average molecular weight is 442 g/mol. The van der Waals surface area contributed by atoms with E-state index in [1.54, 1.807) is 13.0 Å². The van der Waals surface area contributed by atoms with Crippen LogP contribution in [0.3, 0.4) is 0 Å². The first-order valence-corrected chi connectivity index (χ1v) is 12.0. The summed E-state index contributed by atoms with van der Waals surface area (Å²) in [6, 6.07) is 22.4. The van der Waals surface area contributed by atoms with Crippen LogP contribution in [0.4, 0.5) is 0 Å². The van der Waals surface area contributed by atoms with Gasteiger partial charge in [-0.2, -0.15) is 0 Å². The Labute approximate surface area is 181 Å². The van der Waals surface area contributed by atoms with E-state index in [2.05, 4.69) is 0 Å². The van der Waals surface area contributed by atoms with Crippen LogP contribution in [0.15, 0.2) is 82.6 Å². The lowest BCUT2D eigenvalue weighted by atomic mass is 10.0. The zero-order valence-corrected chi connectivity index (χ0v) is 18.2. The number of benzene rings is 3. The van der Waals surface area contributed by atoms with E-state index >= 15 is 0 Å². The molecule has 0 atom stereocenters. The number of primary sulfonamides is 1. The van der Waals surface area contributed by atoms with Crippen LogP contribution in [0.25, 0.3) is 0 Å². The molecule has 0 saturated heterocycles. The molecular formula is C23H23NO4S2. The highest BCUT2D eigenvalue weighted by Gasteiger charge is 2.22. The Bertz CT molecular complexity index is 1110. The number of nitrogens with two attached hydrogens (primary N) is 1. The highest BCUT2D eigenvalue weighted by Crippen LogP contribution is 2.33. The maximum atomic E-state index is 12.4. The van der Waals surface area contributed by atoms with Crippen LogP contribution in [0.1, 0.15) is 34.0 Å². The molecule has 0 fully saturated rings. The molecule has 7 heteroatoms. The van der Waals surface area contributed by atoms with E-state index < -0.39 is 16.0 Å². The van der Waals surface area contributed by atoms with E-state index in [1.807, 2.05) is 60.7 Å². The van der Waals surface area contributed by atoms with Crippen molar-refractivity contribution in [3.05, 3.63) is 95.1 Å². The zero-order chi connectivity index (χ0) is 21.6. The highest BCUT2D eigenvalue weighted by molar-refractivity contribution is 7.98. The third kappa shape index (κ3) is 5.72. The van der Waals surface area contributed by atoms with Gasteiger partial charge < -0.3 is 4.74 Å². The molecule has 0 aliphatic heterocycles. The van der Waals surface area contributed by atoms with E-state index in [0.29, 0.717) is 22.6 Å². The summed E-state index contributed by atoms with van der Waals surface area (Å²) in [6.07, 6.45) is 0.382. The molecule has 0 unspecified atom stereocenters. The summed E-state index contributed by atoms with van der Waals surface area (Å²) in [6.45, 7) is 1.90. The third-order valence-electron chi connectivity index (χ3n) is 4.45. The molecule has 3 rings (SSSR count). The van der Waals surface area contributed by atoms with Gasteiger partial charge in [0.1, 0.15) is 0 Å². The SMILES string of the molecule is CCOC(=O)c1cc(SCc2ccccc2)c(Cc2ccccc2)c(S(N)(=O)=O)c1. The normalized spacial score (nSPS) is 11.3. The first-order valence-electron chi connectivity index (χ1n) is 9.46. The molecule has 0 spiro atoms. The van der Waals surface area contributed by atoms with Crippen molar-refractivity contribution in [1.82, 2.24) is 0 Å². The van der Waals surface area contributed by atoms with E-state index in [-0.39, 0.29) is 17.1 Å². The Morgan fingerprint density at radius 1 is 0.967 bits per heavy atom. The van der Waals surface area contributed by atoms with Gasteiger partial charge in [0.2, 0.25) is 10.0 Å². The molecule has 30 heavy (non-hydrogen) atoms. The Morgan fingerprint density at radius 3 is 2.13 bits per heavy atom. The quantitative estimate of drug-likeness (QED) is 0.414. The van der Waals surface area contributed by atoms with Gasteiger partial charge in [0.25, 0.3) is 0 Å². The molecule has 156 valence electrons. The van der Waals surface area contributed by atoms with Crippen LogP contribution in [0.2, 0.25) is 0 Å². The molecule has 0 aliphatic rings. The lowest BCUT2D eigenvalue weighted by Crippen LogP contribution is -2.17. The zero-order valence-electron chi connectivity index (χ0n) is 16.6. The molecule has 0 heterocycles. The summed E-state index contributed by atoms with van der Waals surface area (Å²) in [7, 11) is -4.05. The summed E-state index contributed by atoms with van der Waals surface area (Å²) in [5, 5.41) is 5.54. The Morgan fingerprint density at radius 2 is 1.57 bits per heavy atom. The van der Waals surface area contributed by atoms with E-state index in [4.69, 9.17) is 9.88 Å². The second kappa shape index (κ2) is 9.93. The summed E-state index contributed by atoms with van der Waals surface area (Å²) in [5.41, 5.74) is 2.80. The molecule has 0 aromatic heterocycles. The van der Waals surface area contributed by atoms with Gasteiger partial charge in [-0.15, -0.1) is 11.8 Å². The van der Waals surface area contributed by atoms with E-state index in [0.717, 1.165) is 11.1 Å². The van der Waals surface area contributed by atoms with Gasteiger partial charge >= 0.3 is 5.97 Å². The second-order valence-electron chi connectivity index (χ2n) is 6.65. The lowest BCUT2D eigenvalue weighted by Gasteiger charge is -2.16. The lowest BCUT2D eigenvalue weighted by molar-refractivity contribution is 0.0525. The number of thioether (sulfide) groups is 1. The fourth-order valence-electron chi connectivity index (χ4n) is 3.04. The Kier molecular flexibility index (Phi) is 7.31. The first kappa shape index (κ1) is 22.1. The number of hydrogen-bond acceptors (Lipinski definition) is 5. The van der Waals surface area contributed by atoms with Crippen LogP contribution in [-0.2, 0) is 26.9 Å². The van der Waals surface area contributed by atoms with E-state index in [9.17, 15) is 13.2 Å². The predicted octanol–water partition coefficient (Wildman–Crippen LogP) is 4.39. The van der Waals surface area contributed by atoms with Crippen molar-refractivity contribution in [2.75, 3.05) is 6.61 Å². The monoisotopic (exact) mass is 441 g/mol. The van der Waals surface area contributed by atoms with Crippen molar-refractivity contribution in [3.8, 4) is 0 Å². The maximum absolute atomic E-state index is 12.4.